The largest absolute Gasteiger partial charge is 0.465 e. The van der Waals surface area contributed by atoms with E-state index in [-0.39, 0.29) is 5.97 Å². The van der Waals surface area contributed by atoms with Crippen LogP contribution in [0.15, 0.2) is 35.7 Å². The third-order valence-electron chi connectivity index (χ3n) is 2.51. The molecule has 0 aliphatic carbocycles. The van der Waals surface area contributed by atoms with E-state index >= 15 is 0 Å². The van der Waals surface area contributed by atoms with Gasteiger partial charge in [-0.25, -0.2) is 14.5 Å². The maximum atomic E-state index is 11.6. The van der Waals surface area contributed by atoms with Gasteiger partial charge in [0.2, 0.25) is 0 Å². The standard InChI is InChI=1S/C12H13N3O2S/c1-17-11(16)10-6-4-3-5-9(10)7-15-12(18-2)13-8-14-15/h3-6,8H,7H2,1-2H3. The van der Waals surface area contributed by atoms with E-state index in [1.807, 2.05) is 24.5 Å². The van der Waals surface area contributed by atoms with Crippen LogP contribution in [0.1, 0.15) is 15.9 Å². The molecule has 0 bridgehead atoms. The van der Waals surface area contributed by atoms with Gasteiger partial charge in [-0.2, -0.15) is 5.10 Å². The number of methoxy groups -OCH3 is 1. The molecular formula is C12H13N3O2S. The molecule has 0 radical (unpaired) electrons. The van der Waals surface area contributed by atoms with Gasteiger partial charge >= 0.3 is 5.97 Å². The van der Waals surface area contributed by atoms with Crippen molar-refractivity contribution in [1.29, 1.82) is 0 Å². The van der Waals surface area contributed by atoms with Crippen LogP contribution in [0.25, 0.3) is 0 Å². The minimum Gasteiger partial charge on any atom is -0.465 e. The van der Waals surface area contributed by atoms with Crippen molar-refractivity contribution >= 4 is 17.7 Å². The van der Waals surface area contributed by atoms with Crippen LogP contribution in [0, 0.1) is 0 Å². The highest BCUT2D eigenvalue weighted by Crippen LogP contribution is 2.15. The van der Waals surface area contributed by atoms with Crippen molar-refractivity contribution in [2.75, 3.05) is 13.4 Å². The first-order chi connectivity index (χ1) is 8.76. The molecule has 18 heavy (non-hydrogen) atoms. The Morgan fingerprint density at radius 3 is 2.94 bits per heavy atom. The van der Waals surface area contributed by atoms with Gasteiger partial charge < -0.3 is 4.74 Å². The molecule has 0 saturated heterocycles. The number of thioether (sulfide) groups is 1. The number of hydrogen-bond acceptors (Lipinski definition) is 5. The van der Waals surface area contributed by atoms with E-state index in [0.717, 1.165) is 10.7 Å². The van der Waals surface area contributed by atoms with Crippen molar-refractivity contribution in [3.8, 4) is 0 Å². The van der Waals surface area contributed by atoms with Crippen LogP contribution in [0.3, 0.4) is 0 Å². The van der Waals surface area contributed by atoms with Crippen LogP contribution in [-0.4, -0.2) is 34.1 Å². The fraction of sp³-hybridized carbons (Fsp3) is 0.250. The first-order valence-corrected chi connectivity index (χ1v) is 6.56. The quantitative estimate of drug-likeness (QED) is 0.622. The van der Waals surface area contributed by atoms with Crippen LogP contribution in [0.4, 0.5) is 0 Å². The molecular weight excluding hydrogens is 250 g/mol. The van der Waals surface area contributed by atoms with Crippen LogP contribution < -0.4 is 0 Å². The fourth-order valence-corrected chi connectivity index (χ4v) is 2.12. The number of nitrogens with zero attached hydrogens (tertiary/aromatic N) is 3. The van der Waals surface area contributed by atoms with E-state index in [0.29, 0.717) is 12.1 Å². The highest BCUT2D eigenvalue weighted by atomic mass is 32.2. The first-order valence-electron chi connectivity index (χ1n) is 5.34. The molecule has 0 fully saturated rings. The molecule has 0 amide bonds. The number of rotatable bonds is 4. The SMILES string of the molecule is COC(=O)c1ccccc1Cn1ncnc1SC. The summed E-state index contributed by atoms with van der Waals surface area (Å²) in [5.74, 6) is -0.337. The lowest BCUT2D eigenvalue weighted by Gasteiger charge is -2.08. The van der Waals surface area contributed by atoms with Crippen molar-refractivity contribution in [3.05, 3.63) is 41.7 Å². The lowest BCUT2D eigenvalue weighted by Crippen LogP contribution is -2.10. The second kappa shape index (κ2) is 5.68. The molecule has 1 aromatic heterocycles. The van der Waals surface area contributed by atoms with Gasteiger partial charge in [0.05, 0.1) is 19.2 Å². The maximum absolute atomic E-state index is 11.6. The molecule has 0 spiro atoms. The number of hydrogen-bond donors (Lipinski definition) is 0. The molecule has 0 aliphatic rings. The molecule has 0 atom stereocenters. The topological polar surface area (TPSA) is 57.0 Å². The van der Waals surface area contributed by atoms with Crippen LogP contribution in [0.2, 0.25) is 0 Å². The molecule has 1 aromatic carbocycles. The summed E-state index contributed by atoms with van der Waals surface area (Å²) in [5.41, 5.74) is 1.42. The van der Waals surface area contributed by atoms with Gasteiger partial charge in [0.1, 0.15) is 6.33 Å². The summed E-state index contributed by atoms with van der Waals surface area (Å²) in [7, 11) is 1.38. The molecule has 94 valence electrons. The second-order valence-electron chi connectivity index (χ2n) is 3.55. The van der Waals surface area contributed by atoms with Crippen molar-refractivity contribution < 1.29 is 9.53 Å². The Labute approximate surface area is 109 Å². The summed E-state index contributed by atoms with van der Waals surface area (Å²) >= 11 is 1.51. The van der Waals surface area contributed by atoms with Gasteiger partial charge in [0.15, 0.2) is 5.16 Å². The van der Waals surface area contributed by atoms with E-state index in [4.69, 9.17) is 4.74 Å². The minimum absolute atomic E-state index is 0.337. The molecule has 0 aliphatic heterocycles. The summed E-state index contributed by atoms with van der Waals surface area (Å²) in [6, 6.07) is 7.33. The molecule has 1 heterocycles. The van der Waals surface area contributed by atoms with Crippen molar-refractivity contribution in [1.82, 2.24) is 14.8 Å². The number of aromatic nitrogens is 3. The summed E-state index contributed by atoms with van der Waals surface area (Å²) in [6.07, 6.45) is 3.44. The van der Waals surface area contributed by atoms with Crippen molar-refractivity contribution in [2.45, 2.75) is 11.7 Å². The van der Waals surface area contributed by atoms with Crippen LogP contribution in [-0.2, 0) is 11.3 Å². The predicted molar refractivity (Wildman–Crippen MR) is 68.7 cm³/mol. The summed E-state index contributed by atoms with van der Waals surface area (Å²) < 4.78 is 6.52. The molecule has 6 heteroatoms. The van der Waals surface area contributed by atoms with Crippen molar-refractivity contribution in [2.24, 2.45) is 0 Å². The van der Waals surface area contributed by atoms with Crippen LogP contribution in [0.5, 0.6) is 0 Å². The Hall–Kier alpha value is -1.82. The molecule has 0 saturated carbocycles. The van der Waals surface area contributed by atoms with E-state index in [2.05, 4.69) is 10.1 Å². The summed E-state index contributed by atoms with van der Waals surface area (Å²) in [5, 5.41) is 4.96. The van der Waals surface area contributed by atoms with E-state index in [1.54, 1.807) is 10.7 Å². The van der Waals surface area contributed by atoms with E-state index in [1.165, 1.54) is 25.2 Å². The highest BCUT2D eigenvalue weighted by molar-refractivity contribution is 7.98. The molecule has 2 rings (SSSR count). The van der Waals surface area contributed by atoms with Gasteiger partial charge in [0.25, 0.3) is 0 Å². The third-order valence-corrected chi connectivity index (χ3v) is 3.19. The highest BCUT2D eigenvalue weighted by Gasteiger charge is 2.12. The summed E-state index contributed by atoms with van der Waals surface area (Å²) in [4.78, 5) is 15.8. The zero-order valence-electron chi connectivity index (χ0n) is 10.2. The lowest BCUT2D eigenvalue weighted by molar-refractivity contribution is 0.0599. The van der Waals surface area contributed by atoms with Gasteiger partial charge in [-0.3, -0.25) is 0 Å². The van der Waals surface area contributed by atoms with Crippen LogP contribution >= 0.6 is 11.8 Å². The monoisotopic (exact) mass is 263 g/mol. The smallest absolute Gasteiger partial charge is 0.338 e. The zero-order chi connectivity index (χ0) is 13.0. The Balaban J connectivity index is 2.32. The number of carbonyl (C=O) groups is 1. The Bertz CT molecular complexity index is 554. The average molecular weight is 263 g/mol. The molecule has 2 aromatic rings. The molecule has 0 unspecified atom stereocenters. The number of esters is 1. The maximum Gasteiger partial charge on any atom is 0.338 e. The van der Waals surface area contributed by atoms with E-state index < -0.39 is 0 Å². The Morgan fingerprint density at radius 2 is 2.22 bits per heavy atom. The zero-order valence-corrected chi connectivity index (χ0v) is 11.0. The number of ether oxygens (including phenoxy) is 1. The molecule has 5 nitrogen and oxygen atoms in total. The summed E-state index contributed by atoms with van der Waals surface area (Å²) in [6.45, 7) is 0.501. The van der Waals surface area contributed by atoms with E-state index in [9.17, 15) is 4.79 Å². The van der Waals surface area contributed by atoms with Gasteiger partial charge in [0, 0.05) is 0 Å². The number of carbonyl (C=O) groups excluding carboxylic acids is 1. The average Bonchev–Trinajstić information content (AvgIpc) is 2.86. The van der Waals surface area contributed by atoms with Gasteiger partial charge in [-0.05, 0) is 17.9 Å². The third kappa shape index (κ3) is 2.53. The number of benzene rings is 1. The minimum atomic E-state index is -0.337. The van der Waals surface area contributed by atoms with Crippen molar-refractivity contribution in [3.63, 3.8) is 0 Å². The lowest BCUT2D eigenvalue weighted by atomic mass is 10.1. The Morgan fingerprint density at radius 1 is 1.44 bits per heavy atom. The Kier molecular flexibility index (Phi) is 3.99. The first kappa shape index (κ1) is 12.6. The normalized spacial score (nSPS) is 10.3. The van der Waals surface area contributed by atoms with Gasteiger partial charge in [-0.1, -0.05) is 30.0 Å². The van der Waals surface area contributed by atoms with Gasteiger partial charge in [-0.15, -0.1) is 0 Å². The molecule has 0 N–H and O–H groups in total. The second-order valence-corrected chi connectivity index (χ2v) is 4.33. The fourth-order valence-electron chi connectivity index (χ4n) is 1.65. The predicted octanol–water partition coefficient (Wildman–Crippen LogP) is 1.83.